The van der Waals surface area contributed by atoms with E-state index in [0.29, 0.717) is 0 Å². The van der Waals surface area contributed by atoms with Crippen LogP contribution in [0.4, 0.5) is 0 Å². The highest BCUT2D eigenvalue weighted by Crippen LogP contribution is 2.23. The lowest BCUT2D eigenvalue weighted by molar-refractivity contribution is 0.0764. The zero-order valence-electron chi connectivity index (χ0n) is 12.0. The predicted molar refractivity (Wildman–Crippen MR) is 77.0 cm³/mol. The number of rotatable bonds is 4. The van der Waals surface area contributed by atoms with Gasteiger partial charge >= 0.3 is 0 Å². The molecule has 0 bridgehead atoms. The highest BCUT2D eigenvalue weighted by atomic mass is 16.5. The second kappa shape index (κ2) is 5.93. The summed E-state index contributed by atoms with van der Waals surface area (Å²) in [4.78, 5) is 8.91. The van der Waals surface area contributed by atoms with Gasteiger partial charge in [0.25, 0.3) is 0 Å². The molecule has 0 spiro atoms. The van der Waals surface area contributed by atoms with E-state index in [9.17, 15) is 0 Å². The number of benzene rings is 1. The molecule has 0 fully saturated rings. The van der Waals surface area contributed by atoms with Crippen LogP contribution in [0.1, 0.15) is 36.9 Å². The summed E-state index contributed by atoms with van der Waals surface area (Å²) in [6.45, 7) is 8.75. The standard InChI is InChI=1S/C16H20N2O/c1-5-19-13(4)14-6-8-15(9-7-14)16-12(3)17-10-11(2)18-16/h6-10,13H,5H2,1-4H3/t13-/m1/s1. The minimum absolute atomic E-state index is 0.128. The first-order valence-electron chi connectivity index (χ1n) is 6.64. The molecule has 0 N–H and O–H groups in total. The van der Waals surface area contributed by atoms with Gasteiger partial charge in [0, 0.05) is 18.4 Å². The number of aryl methyl sites for hydroxylation is 2. The third-order valence-corrected chi connectivity index (χ3v) is 3.15. The third kappa shape index (κ3) is 3.18. The molecule has 1 atom stereocenters. The fraction of sp³-hybridized carbons (Fsp3) is 0.375. The first-order valence-corrected chi connectivity index (χ1v) is 6.64. The summed E-state index contributed by atoms with van der Waals surface area (Å²) in [7, 11) is 0. The highest BCUT2D eigenvalue weighted by Gasteiger charge is 2.08. The zero-order chi connectivity index (χ0) is 13.8. The van der Waals surface area contributed by atoms with Gasteiger partial charge in [0.2, 0.25) is 0 Å². The van der Waals surface area contributed by atoms with Crippen molar-refractivity contribution in [3.63, 3.8) is 0 Å². The van der Waals surface area contributed by atoms with Gasteiger partial charge in [0.1, 0.15) is 0 Å². The van der Waals surface area contributed by atoms with Crippen molar-refractivity contribution in [1.29, 1.82) is 0 Å². The quantitative estimate of drug-likeness (QED) is 0.833. The van der Waals surface area contributed by atoms with Gasteiger partial charge in [-0.2, -0.15) is 0 Å². The van der Waals surface area contributed by atoms with Crippen molar-refractivity contribution in [2.75, 3.05) is 6.61 Å². The average molecular weight is 256 g/mol. The molecular weight excluding hydrogens is 236 g/mol. The Morgan fingerprint density at radius 2 is 1.84 bits per heavy atom. The zero-order valence-corrected chi connectivity index (χ0v) is 12.0. The van der Waals surface area contributed by atoms with Gasteiger partial charge in [-0.05, 0) is 33.3 Å². The molecule has 19 heavy (non-hydrogen) atoms. The Hall–Kier alpha value is -1.74. The molecular formula is C16H20N2O. The van der Waals surface area contributed by atoms with Crippen LogP contribution >= 0.6 is 0 Å². The van der Waals surface area contributed by atoms with Crippen molar-refractivity contribution in [2.24, 2.45) is 0 Å². The molecule has 0 aliphatic heterocycles. The molecule has 2 rings (SSSR count). The van der Waals surface area contributed by atoms with E-state index in [2.05, 4.69) is 41.2 Å². The lowest BCUT2D eigenvalue weighted by Gasteiger charge is -2.12. The van der Waals surface area contributed by atoms with Crippen LogP contribution in [-0.2, 0) is 4.74 Å². The third-order valence-electron chi connectivity index (χ3n) is 3.15. The van der Waals surface area contributed by atoms with Gasteiger partial charge in [0.05, 0.1) is 23.2 Å². The SMILES string of the molecule is CCO[C@H](C)c1ccc(-c2nc(C)cnc2C)cc1. The van der Waals surface area contributed by atoms with E-state index in [0.717, 1.165) is 29.3 Å². The molecule has 0 aliphatic carbocycles. The van der Waals surface area contributed by atoms with Gasteiger partial charge in [-0.3, -0.25) is 4.98 Å². The molecule has 3 nitrogen and oxygen atoms in total. The number of ether oxygens (including phenoxy) is 1. The minimum Gasteiger partial charge on any atom is -0.374 e. The molecule has 100 valence electrons. The Balaban J connectivity index is 2.29. The van der Waals surface area contributed by atoms with Crippen LogP contribution in [0.5, 0.6) is 0 Å². The maximum atomic E-state index is 5.59. The normalized spacial score (nSPS) is 12.4. The van der Waals surface area contributed by atoms with Crippen LogP contribution < -0.4 is 0 Å². The lowest BCUT2D eigenvalue weighted by atomic mass is 10.0. The van der Waals surface area contributed by atoms with Crippen LogP contribution in [0.2, 0.25) is 0 Å². The van der Waals surface area contributed by atoms with Crippen LogP contribution in [0, 0.1) is 13.8 Å². The molecule has 0 radical (unpaired) electrons. The summed E-state index contributed by atoms with van der Waals surface area (Å²) in [6, 6.07) is 8.36. The first kappa shape index (κ1) is 13.7. The fourth-order valence-corrected chi connectivity index (χ4v) is 2.07. The second-order valence-corrected chi connectivity index (χ2v) is 4.66. The molecule has 0 unspecified atom stereocenters. The van der Waals surface area contributed by atoms with Crippen molar-refractivity contribution in [2.45, 2.75) is 33.8 Å². The van der Waals surface area contributed by atoms with Crippen molar-refractivity contribution in [3.8, 4) is 11.3 Å². The van der Waals surface area contributed by atoms with E-state index in [1.54, 1.807) is 6.20 Å². The summed E-state index contributed by atoms with van der Waals surface area (Å²) < 4.78 is 5.59. The maximum Gasteiger partial charge on any atom is 0.0917 e. The van der Waals surface area contributed by atoms with Crippen molar-refractivity contribution in [3.05, 3.63) is 47.4 Å². The van der Waals surface area contributed by atoms with Gasteiger partial charge in [0.15, 0.2) is 0 Å². The van der Waals surface area contributed by atoms with Gasteiger partial charge in [-0.15, -0.1) is 0 Å². The molecule has 1 heterocycles. The van der Waals surface area contributed by atoms with Gasteiger partial charge in [-0.25, -0.2) is 4.98 Å². The minimum atomic E-state index is 0.128. The molecule has 3 heteroatoms. The molecule has 0 aliphatic rings. The molecule has 0 saturated carbocycles. The fourth-order valence-electron chi connectivity index (χ4n) is 2.07. The Labute approximate surface area is 114 Å². The summed E-state index contributed by atoms with van der Waals surface area (Å²) in [6.07, 6.45) is 1.92. The monoisotopic (exact) mass is 256 g/mol. The summed E-state index contributed by atoms with van der Waals surface area (Å²) in [5, 5.41) is 0. The number of nitrogens with zero attached hydrogens (tertiary/aromatic N) is 2. The average Bonchev–Trinajstić information content (AvgIpc) is 2.42. The maximum absolute atomic E-state index is 5.59. The lowest BCUT2D eigenvalue weighted by Crippen LogP contribution is -1.99. The van der Waals surface area contributed by atoms with E-state index in [1.807, 2.05) is 20.8 Å². The van der Waals surface area contributed by atoms with Crippen LogP contribution in [0.3, 0.4) is 0 Å². The first-order chi connectivity index (χ1) is 9.11. The van der Waals surface area contributed by atoms with Crippen LogP contribution in [-0.4, -0.2) is 16.6 Å². The Morgan fingerprint density at radius 1 is 1.16 bits per heavy atom. The number of hydrogen-bond acceptors (Lipinski definition) is 3. The topological polar surface area (TPSA) is 35.0 Å². The van der Waals surface area contributed by atoms with E-state index in [-0.39, 0.29) is 6.10 Å². The van der Waals surface area contributed by atoms with Gasteiger partial charge in [-0.1, -0.05) is 24.3 Å². The summed E-state index contributed by atoms with van der Waals surface area (Å²) in [5.74, 6) is 0. The van der Waals surface area contributed by atoms with E-state index < -0.39 is 0 Å². The van der Waals surface area contributed by atoms with Crippen LogP contribution in [0.15, 0.2) is 30.5 Å². The molecule has 1 aromatic carbocycles. The van der Waals surface area contributed by atoms with Gasteiger partial charge < -0.3 is 4.74 Å². The van der Waals surface area contributed by atoms with Crippen molar-refractivity contribution >= 4 is 0 Å². The molecule has 1 aromatic heterocycles. The van der Waals surface area contributed by atoms with E-state index >= 15 is 0 Å². The molecule has 2 aromatic rings. The van der Waals surface area contributed by atoms with E-state index in [4.69, 9.17) is 4.74 Å². The second-order valence-electron chi connectivity index (χ2n) is 4.66. The number of hydrogen-bond donors (Lipinski definition) is 0. The molecule has 0 saturated heterocycles. The van der Waals surface area contributed by atoms with E-state index in [1.165, 1.54) is 5.56 Å². The predicted octanol–water partition coefficient (Wildman–Crippen LogP) is 3.86. The Kier molecular flexibility index (Phi) is 4.27. The Morgan fingerprint density at radius 3 is 2.47 bits per heavy atom. The highest BCUT2D eigenvalue weighted by molar-refractivity contribution is 5.61. The summed E-state index contributed by atoms with van der Waals surface area (Å²) in [5.41, 5.74) is 5.13. The smallest absolute Gasteiger partial charge is 0.0917 e. The largest absolute Gasteiger partial charge is 0.374 e. The summed E-state index contributed by atoms with van der Waals surface area (Å²) >= 11 is 0. The number of aromatic nitrogens is 2. The van der Waals surface area contributed by atoms with Crippen molar-refractivity contribution < 1.29 is 4.74 Å². The Bertz CT molecular complexity index is 549. The molecule has 0 amide bonds. The van der Waals surface area contributed by atoms with Crippen LogP contribution in [0.25, 0.3) is 11.3 Å². The van der Waals surface area contributed by atoms with Crippen molar-refractivity contribution in [1.82, 2.24) is 9.97 Å².